The minimum atomic E-state index is 0.00732. The van der Waals surface area contributed by atoms with E-state index in [2.05, 4.69) is 37.5 Å². The zero-order valence-corrected chi connectivity index (χ0v) is 13.0. The minimum Gasteiger partial charge on any atom is -0.395 e. The van der Waals surface area contributed by atoms with Gasteiger partial charge in [-0.2, -0.15) is 0 Å². The molecule has 0 aromatic carbocycles. The Labute approximate surface area is 117 Å². The van der Waals surface area contributed by atoms with Crippen LogP contribution in [0.25, 0.3) is 0 Å². The average molecular weight is 269 g/mol. The van der Waals surface area contributed by atoms with E-state index in [1.807, 2.05) is 0 Å². The largest absolute Gasteiger partial charge is 0.395 e. The first kappa shape index (κ1) is 15.2. The van der Waals surface area contributed by atoms with Crippen LogP contribution in [0.5, 0.6) is 0 Å². The van der Waals surface area contributed by atoms with Crippen molar-refractivity contribution < 1.29 is 5.11 Å². The smallest absolute Gasteiger partial charge is 0.0602 e. The number of rotatable bonds is 3. The summed E-state index contributed by atoms with van der Waals surface area (Å²) in [4.78, 5) is 5.07. The second-order valence-electron chi connectivity index (χ2n) is 7.48. The number of aliphatic hydroxyl groups excluding tert-OH is 1. The van der Waals surface area contributed by atoms with Gasteiger partial charge in [-0.25, -0.2) is 0 Å². The summed E-state index contributed by atoms with van der Waals surface area (Å²) < 4.78 is 0. The van der Waals surface area contributed by atoms with Gasteiger partial charge in [-0.3, -0.25) is 9.80 Å². The number of piperazine rings is 1. The Morgan fingerprint density at radius 1 is 1.32 bits per heavy atom. The molecule has 0 aromatic heterocycles. The lowest BCUT2D eigenvalue weighted by atomic mass is 9.81. The van der Waals surface area contributed by atoms with Gasteiger partial charge in [0.2, 0.25) is 0 Å². The molecule has 0 amide bonds. The SMILES string of the molecule is CC1CN2CCCC2CN1C(CO)C(N)C(C)(C)C. The number of nitrogens with two attached hydrogens (primary N) is 1. The highest BCUT2D eigenvalue weighted by atomic mass is 16.3. The average Bonchev–Trinajstić information content (AvgIpc) is 2.75. The Morgan fingerprint density at radius 2 is 2.00 bits per heavy atom. The fourth-order valence-corrected chi connectivity index (χ4v) is 3.67. The second-order valence-corrected chi connectivity index (χ2v) is 7.48. The summed E-state index contributed by atoms with van der Waals surface area (Å²) in [6, 6.07) is 1.25. The summed E-state index contributed by atoms with van der Waals surface area (Å²) in [7, 11) is 0. The first-order valence-electron chi connectivity index (χ1n) is 7.71. The van der Waals surface area contributed by atoms with Gasteiger partial charge >= 0.3 is 0 Å². The number of aliphatic hydroxyl groups is 1. The molecule has 19 heavy (non-hydrogen) atoms. The van der Waals surface area contributed by atoms with Crippen LogP contribution in [0, 0.1) is 5.41 Å². The molecule has 2 rings (SSSR count). The van der Waals surface area contributed by atoms with E-state index in [9.17, 15) is 5.11 Å². The zero-order valence-electron chi connectivity index (χ0n) is 13.0. The van der Waals surface area contributed by atoms with Crippen LogP contribution in [0.4, 0.5) is 0 Å². The minimum absolute atomic E-state index is 0.00732. The Morgan fingerprint density at radius 3 is 2.58 bits per heavy atom. The molecule has 4 nitrogen and oxygen atoms in total. The Bertz CT molecular complexity index is 302. The van der Waals surface area contributed by atoms with Crippen LogP contribution >= 0.6 is 0 Å². The van der Waals surface area contributed by atoms with Gasteiger partial charge in [-0.1, -0.05) is 20.8 Å². The van der Waals surface area contributed by atoms with Gasteiger partial charge in [0.1, 0.15) is 0 Å². The van der Waals surface area contributed by atoms with Crippen LogP contribution in [-0.2, 0) is 0 Å². The number of hydrogen-bond donors (Lipinski definition) is 2. The summed E-state index contributed by atoms with van der Waals surface area (Å²) >= 11 is 0. The van der Waals surface area contributed by atoms with Crippen molar-refractivity contribution in [2.24, 2.45) is 11.1 Å². The van der Waals surface area contributed by atoms with Crippen molar-refractivity contribution in [3.8, 4) is 0 Å². The van der Waals surface area contributed by atoms with Crippen molar-refractivity contribution in [3.63, 3.8) is 0 Å². The van der Waals surface area contributed by atoms with Crippen LogP contribution in [0.15, 0.2) is 0 Å². The maximum absolute atomic E-state index is 9.84. The first-order valence-corrected chi connectivity index (χ1v) is 7.71. The molecule has 0 aromatic rings. The van der Waals surface area contributed by atoms with Crippen LogP contribution < -0.4 is 5.73 Å². The zero-order chi connectivity index (χ0) is 14.2. The van der Waals surface area contributed by atoms with Gasteiger partial charge in [0.25, 0.3) is 0 Å². The number of fused-ring (bicyclic) bond motifs is 1. The number of nitrogens with zero attached hydrogens (tertiary/aromatic N) is 2. The summed E-state index contributed by atoms with van der Waals surface area (Å²) in [5.74, 6) is 0. The highest BCUT2D eigenvalue weighted by Gasteiger charge is 2.41. The van der Waals surface area contributed by atoms with E-state index in [0.717, 1.165) is 13.1 Å². The molecule has 4 atom stereocenters. The molecule has 112 valence electrons. The fraction of sp³-hybridized carbons (Fsp3) is 1.00. The molecule has 0 spiro atoms. The molecular weight excluding hydrogens is 238 g/mol. The van der Waals surface area contributed by atoms with Gasteiger partial charge in [0.05, 0.1) is 6.61 Å². The van der Waals surface area contributed by atoms with E-state index in [1.54, 1.807) is 0 Å². The molecule has 0 bridgehead atoms. The maximum atomic E-state index is 9.84. The van der Waals surface area contributed by atoms with Gasteiger partial charge in [0, 0.05) is 37.3 Å². The Kier molecular flexibility index (Phi) is 4.56. The monoisotopic (exact) mass is 269 g/mol. The number of hydrogen-bond acceptors (Lipinski definition) is 4. The molecule has 0 saturated carbocycles. The van der Waals surface area contributed by atoms with Crippen molar-refractivity contribution in [1.29, 1.82) is 0 Å². The van der Waals surface area contributed by atoms with E-state index in [0.29, 0.717) is 12.1 Å². The van der Waals surface area contributed by atoms with E-state index in [1.165, 1.54) is 19.4 Å². The molecule has 0 aliphatic carbocycles. The standard InChI is InChI=1S/C15H31N3O/c1-11-8-17-7-5-6-12(17)9-18(11)13(10-19)14(16)15(2,3)4/h11-14,19H,5-10,16H2,1-4H3. The lowest BCUT2D eigenvalue weighted by molar-refractivity contribution is -0.0140. The summed E-state index contributed by atoms with van der Waals surface area (Å²) in [6.07, 6.45) is 2.62. The predicted octanol–water partition coefficient (Wildman–Crippen LogP) is 0.889. The van der Waals surface area contributed by atoms with Crippen LogP contribution in [-0.4, -0.2) is 65.3 Å². The van der Waals surface area contributed by atoms with Gasteiger partial charge < -0.3 is 10.8 Å². The highest BCUT2D eigenvalue weighted by molar-refractivity contribution is 4.98. The van der Waals surface area contributed by atoms with Crippen molar-refractivity contribution in [2.45, 2.75) is 64.7 Å². The van der Waals surface area contributed by atoms with Crippen LogP contribution in [0.1, 0.15) is 40.5 Å². The molecule has 2 saturated heterocycles. The molecule has 2 aliphatic heterocycles. The molecule has 3 N–H and O–H groups in total. The van der Waals surface area contributed by atoms with E-state index in [-0.39, 0.29) is 24.1 Å². The third kappa shape index (κ3) is 3.13. The fourth-order valence-electron chi connectivity index (χ4n) is 3.67. The second kappa shape index (κ2) is 5.68. The lowest BCUT2D eigenvalue weighted by Crippen LogP contribution is -2.64. The molecular formula is C15H31N3O. The molecule has 4 heteroatoms. The van der Waals surface area contributed by atoms with E-state index < -0.39 is 0 Å². The molecule has 2 heterocycles. The maximum Gasteiger partial charge on any atom is 0.0602 e. The van der Waals surface area contributed by atoms with Crippen molar-refractivity contribution >= 4 is 0 Å². The summed E-state index contributed by atoms with van der Waals surface area (Å²) in [6.45, 7) is 12.4. The molecule has 0 radical (unpaired) electrons. The highest BCUT2D eigenvalue weighted by Crippen LogP contribution is 2.29. The van der Waals surface area contributed by atoms with E-state index in [4.69, 9.17) is 5.73 Å². The van der Waals surface area contributed by atoms with Gasteiger partial charge in [-0.05, 0) is 31.7 Å². The summed E-state index contributed by atoms with van der Waals surface area (Å²) in [5, 5.41) is 9.84. The van der Waals surface area contributed by atoms with Crippen molar-refractivity contribution in [2.75, 3.05) is 26.2 Å². The van der Waals surface area contributed by atoms with Crippen LogP contribution in [0.2, 0.25) is 0 Å². The predicted molar refractivity (Wildman–Crippen MR) is 79.1 cm³/mol. The normalized spacial score (nSPS) is 33.2. The van der Waals surface area contributed by atoms with Crippen molar-refractivity contribution in [1.82, 2.24) is 9.80 Å². The quantitative estimate of drug-likeness (QED) is 0.799. The molecule has 2 aliphatic rings. The summed E-state index contributed by atoms with van der Waals surface area (Å²) in [5.41, 5.74) is 6.45. The van der Waals surface area contributed by atoms with Crippen molar-refractivity contribution in [3.05, 3.63) is 0 Å². The Hall–Kier alpha value is -0.160. The van der Waals surface area contributed by atoms with Crippen LogP contribution in [0.3, 0.4) is 0 Å². The third-order valence-electron chi connectivity index (χ3n) is 5.01. The van der Waals surface area contributed by atoms with E-state index >= 15 is 0 Å². The molecule has 2 fully saturated rings. The topological polar surface area (TPSA) is 52.7 Å². The lowest BCUT2D eigenvalue weighted by Gasteiger charge is -2.49. The van der Waals surface area contributed by atoms with Gasteiger partial charge in [-0.15, -0.1) is 0 Å². The van der Waals surface area contributed by atoms with Gasteiger partial charge in [0.15, 0.2) is 0 Å². The molecule has 4 unspecified atom stereocenters. The first-order chi connectivity index (χ1) is 8.84. The third-order valence-corrected chi connectivity index (χ3v) is 5.01. The Balaban J connectivity index is 2.09.